The number of nitrogens with two attached hydrogens (primary N) is 1. The van der Waals surface area contributed by atoms with Gasteiger partial charge in [0, 0.05) is 13.1 Å². The van der Waals surface area contributed by atoms with E-state index in [1.807, 2.05) is 0 Å². The molecule has 0 spiro atoms. The predicted molar refractivity (Wildman–Crippen MR) is 50.1 cm³/mol. The van der Waals surface area contributed by atoms with Crippen LogP contribution >= 0.6 is 12.4 Å². The molecule has 0 aliphatic heterocycles. The van der Waals surface area contributed by atoms with E-state index in [0.29, 0.717) is 11.0 Å². The van der Waals surface area contributed by atoms with E-state index in [-0.39, 0.29) is 18.1 Å². The summed E-state index contributed by atoms with van der Waals surface area (Å²) in [4.78, 5) is 1.38. The smallest absolute Gasteiger partial charge is 0.148 e. The fourth-order valence-electron chi connectivity index (χ4n) is 1.06. The van der Waals surface area contributed by atoms with Crippen molar-refractivity contribution in [3.05, 3.63) is 17.9 Å². The second kappa shape index (κ2) is 3.18. The third-order valence-electron chi connectivity index (χ3n) is 1.60. The molecule has 0 bridgehead atoms. The quantitative estimate of drug-likeness (QED) is 0.652. The molecule has 0 saturated carbocycles. The summed E-state index contributed by atoms with van der Waals surface area (Å²) in [6.45, 7) is 0. The standard InChI is InChI=1S/C7H7FN4.ClH/c1-12-10-6-2-4(8)5(9)3-7(6)11-12;/h2-3H,9H2,1H3;1H. The summed E-state index contributed by atoms with van der Waals surface area (Å²) < 4.78 is 12.9. The molecule has 6 heteroatoms. The van der Waals surface area contributed by atoms with Crippen LogP contribution in [0.2, 0.25) is 0 Å². The summed E-state index contributed by atoms with van der Waals surface area (Å²) in [5, 5.41) is 7.90. The van der Waals surface area contributed by atoms with E-state index in [4.69, 9.17) is 5.73 Å². The second-order valence-corrected chi connectivity index (χ2v) is 2.55. The Hall–Kier alpha value is -1.36. The van der Waals surface area contributed by atoms with Gasteiger partial charge in [-0.05, 0) is 6.07 Å². The van der Waals surface area contributed by atoms with Crippen molar-refractivity contribution in [2.75, 3.05) is 5.73 Å². The van der Waals surface area contributed by atoms with Crippen molar-refractivity contribution >= 4 is 29.1 Å². The van der Waals surface area contributed by atoms with Crippen LogP contribution in [0, 0.1) is 5.82 Å². The average molecular weight is 203 g/mol. The van der Waals surface area contributed by atoms with E-state index in [0.717, 1.165) is 0 Å². The fourth-order valence-corrected chi connectivity index (χ4v) is 1.06. The predicted octanol–water partition coefficient (Wildman–Crippen LogP) is 1.11. The van der Waals surface area contributed by atoms with Crippen LogP contribution in [0.25, 0.3) is 11.0 Å². The van der Waals surface area contributed by atoms with Gasteiger partial charge in [-0.25, -0.2) is 4.39 Å². The van der Waals surface area contributed by atoms with E-state index in [1.165, 1.54) is 16.9 Å². The van der Waals surface area contributed by atoms with Gasteiger partial charge in [-0.1, -0.05) is 0 Å². The summed E-state index contributed by atoms with van der Waals surface area (Å²) in [5.74, 6) is -0.456. The number of aryl methyl sites for hydroxylation is 1. The number of anilines is 1. The van der Waals surface area contributed by atoms with Crippen LogP contribution in [-0.2, 0) is 7.05 Å². The molecule has 0 radical (unpaired) electrons. The third kappa shape index (κ3) is 1.55. The molecule has 0 aliphatic carbocycles. The largest absolute Gasteiger partial charge is 0.396 e. The fraction of sp³-hybridized carbons (Fsp3) is 0.143. The minimum Gasteiger partial charge on any atom is -0.396 e. The Morgan fingerprint density at radius 2 is 1.85 bits per heavy atom. The van der Waals surface area contributed by atoms with Gasteiger partial charge in [-0.15, -0.1) is 12.4 Å². The first-order chi connectivity index (χ1) is 5.66. The van der Waals surface area contributed by atoms with Crippen LogP contribution in [0.15, 0.2) is 12.1 Å². The lowest BCUT2D eigenvalue weighted by Crippen LogP contribution is -1.90. The Bertz CT molecular complexity index is 400. The zero-order chi connectivity index (χ0) is 8.72. The highest BCUT2D eigenvalue weighted by molar-refractivity contribution is 5.85. The monoisotopic (exact) mass is 202 g/mol. The van der Waals surface area contributed by atoms with E-state index in [9.17, 15) is 4.39 Å². The summed E-state index contributed by atoms with van der Waals surface area (Å²) in [5.41, 5.74) is 6.57. The van der Waals surface area contributed by atoms with Gasteiger partial charge >= 0.3 is 0 Å². The number of rotatable bonds is 0. The number of nitrogen functional groups attached to an aromatic ring is 1. The first kappa shape index (κ1) is 9.73. The van der Waals surface area contributed by atoms with Gasteiger partial charge in [0.05, 0.1) is 5.69 Å². The molecule has 2 rings (SSSR count). The van der Waals surface area contributed by atoms with Gasteiger partial charge in [0.25, 0.3) is 0 Å². The summed E-state index contributed by atoms with van der Waals surface area (Å²) in [6.07, 6.45) is 0. The van der Waals surface area contributed by atoms with Crippen molar-refractivity contribution in [3.8, 4) is 0 Å². The normalized spacial score (nSPS) is 10.0. The van der Waals surface area contributed by atoms with Crippen molar-refractivity contribution in [3.63, 3.8) is 0 Å². The Balaban J connectivity index is 0.000000845. The van der Waals surface area contributed by atoms with Crippen LogP contribution < -0.4 is 5.73 Å². The molecule has 13 heavy (non-hydrogen) atoms. The van der Waals surface area contributed by atoms with Crippen molar-refractivity contribution in [2.45, 2.75) is 0 Å². The van der Waals surface area contributed by atoms with Gasteiger partial charge in [0.2, 0.25) is 0 Å². The first-order valence-corrected chi connectivity index (χ1v) is 3.43. The first-order valence-electron chi connectivity index (χ1n) is 3.43. The minimum atomic E-state index is -0.456. The molecular weight excluding hydrogens is 195 g/mol. The Morgan fingerprint density at radius 3 is 2.46 bits per heavy atom. The van der Waals surface area contributed by atoms with Crippen LogP contribution in [0.5, 0.6) is 0 Å². The van der Waals surface area contributed by atoms with E-state index < -0.39 is 5.82 Å². The number of nitrogens with zero attached hydrogens (tertiary/aromatic N) is 3. The highest BCUT2D eigenvalue weighted by atomic mass is 35.5. The van der Waals surface area contributed by atoms with Gasteiger partial charge in [-0.3, -0.25) is 0 Å². The summed E-state index contributed by atoms with van der Waals surface area (Å²) in [6, 6.07) is 2.75. The molecular formula is C7H8ClFN4. The number of aromatic nitrogens is 3. The number of fused-ring (bicyclic) bond motifs is 1. The van der Waals surface area contributed by atoms with Crippen molar-refractivity contribution in [1.29, 1.82) is 0 Å². The van der Waals surface area contributed by atoms with Crippen LogP contribution in [0.3, 0.4) is 0 Å². The van der Waals surface area contributed by atoms with E-state index in [2.05, 4.69) is 10.2 Å². The average Bonchev–Trinajstić information content (AvgIpc) is 2.30. The number of hydrogen-bond donors (Lipinski definition) is 1. The summed E-state index contributed by atoms with van der Waals surface area (Å²) in [7, 11) is 1.67. The molecule has 0 atom stereocenters. The maximum Gasteiger partial charge on any atom is 0.148 e. The van der Waals surface area contributed by atoms with Gasteiger partial charge in [0.15, 0.2) is 0 Å². The van der Waals surface area contributed by atoms with Crippen molar-refractivity contribution < 1.29 is 4.39 Å². The molecule has 0 amide bonds. The van der Waals surface area contributed by atoms with Crippen LogP contribution in [0.1, 0.15) is 0 Å². The Morgan fingerprint density at radius 1 is 1.31 bits per heavy atom. The molecule has 2 aromatic rings. The van der Waals surface area contributed by atoms with Crippen LogP contribution in [0.4, 0.5) is 10.1 Å². The lowest BCUT2D eigenvalue weighted by Gasteiger charge is -1.92. The molecule has 70 valence electrons. The summed E-state index contributed by atoms with van der Waals surface area (Å²) >= 11 is 0. The molecule has 4 nitrogen and oxygen atoms in total. The highest BCUT2D eigenvalue weighted by Gasteiger charge is 2.04. The number of hydrogen-bond acceptors (Lipinski definition) is 3. The maximum absolute atomic E-state index is 12.9. The third-order valence-corrected chi connectivity index (χ3v) is 1.60. The SMILES string of the molecule is Cl.Cn1nc2cc(N)c(F)cc2n1. The Labute approximate surface area is 79.9 Å². The lowest BCUT2D eigenvalue weighted by atomic mass is 10.3. The molecule has 0 unspecified atom stereocenters. The highest BCUT2D eigenvalue weighted by Crippen LogP contribution is 2.16. The topological polar surface area (TPSA) is 56.7 Å². The van der Waals surface area contributed by atoms with Crippen molar-refractivity contribution in [2.24, 2.45) is 7.05 Å². The minimum absolute atomic E-state index is 0. The van der Waals surface area contributed by atoms with Crippen LogP contribution in [-0.4, -0.2) is 15.0 Å². The maximum atomic E-state index is 12.9. The molecule has 0 aliphatic rings. The van der Waals surface area contributed by atoms with E-state index in [1.54, 1.807) is 7.05 Å². The Kier molecular flexibility index (Phi) is 2.38. The van der Waals surface area contributed by atoms with Crippen molar-refractivity contribution in [1.82, 2.24) is 15.0 Å². The molecule has 0 saturated heterocycles. The molecule has 1 aromatic carbocycles. The zero-order valence-electron chi connectivity index (χ0n) is 6.86. The number of halogens is 2. The molecule has 2 N–H and O–H groups in total. The molecule has 0 fully saturated rings. The second-order valence-electron chi connectivity index (χ2n) is 2.55. The van der Waals surface area contributed by atoms with Gasteiger partial charge < -0.3 is 5.73 Å². The van der Waals surface area contributed by atoms with Gasteiger partial charge in [0.1, 0.15) is 16.9 Å². The zero-order valence-corrected chi connectivity index (χ0v) is 7.68. The number of benzene rings is 1. The van der Waals surface area contributed by atoms with E-state index >= 15 is 0 Å². The molecule has 1 aromatic heterocycles. The van der Waals surface area contributed by atoms with Gasteiger partial charge in [-0.2, -0.15) is 15.0 Å². The molecule has 1 heterocycles. The lowest BCUT2D eigenvalue weighted by molar-refractivity contribution is 0.633.